The zero-order chi connectivity index (χ0) is 16.0. The van der Waals surface area contributed by atoms with Crippen LogP contribution >= 0.6 is 0 Å². The smallest absolute Gasteiger partial charge is 1.00 e. The van der Waals surface area contributed by atoms with Gasteiger partial charge in [-0.2, -0.15) is 0 Å². The van der Waals surface area contributed by atoms with Gasteiger partial charge in [0.1, 0.15) is 0 Å². The molecule has 0 spiro atoms. The number of hydrogen-bond donors (Lipinski definition) is 1. The van der Waals surface area contributed by atoms with Gasteiger partial charge in [-0.25, -0.2) is 4.79 Å². The summed E-state index contributed by atoms with van der Waals surface area (Å²) in [5.41, 5.74) is -0.299. The van der Waals surface area contributed by atoms with Crippen LogP contribution in [0, 0.1) is 0 Å². The van der Waals surface area contributed by atoms with E-state index in [-0.39, 0.29) is 44.0 Å². The van der Waals surface area contributed by atoms with Gasteiger partial charge in [0.25, 0.3) is 0 Å². The molecule has 2 aromatic carbocycles. The maximum absolute atomic E-state index is 12.0. The van der Waals surface area contributed by atoms with Crippen molar-refractivity contribution in [3.05, 3.63) is 71.8 Å². The van der Waals surface area contributed by atoms with Gasteiger partial charge in [-0.15, -0.1) is 0 Å². The van der Waals surface area contributed by atoms with E-state index < -0.39 is 17.4 Å². The van der Waals surface area contributed by atoms with Crippen LogP contribution in [0.15, 0.2) is 60.7 Å². The summed E-state index contributed by atoms with van der Waals surface area (Å²) in [5.74, 6) is -1.78. The van der Waals surface area contributed by atoms with E-state index in [1.807, 2.05) is 36.4 Å². The van der Waals surface area contributed by atoms with E-state index in [1.54, 1.807) is 24.3 Å². The summed E-state index contributed by atoms with van der Waals surface area (Å²) >= 11 is 0. The molecule has 0 bridgehead atoms. The fraction of sp³-hybridized carbons (Fsp3) is 0.222. The fourth-order valence-corrected chi connectivity index (χ4v) is 2.23. The summed E-state index contributed by atoms with van der Waals surface area (Å²) in [5, 5.41) is 9.59. The van der Waals surface area contributed by atoms with Crippen molar-refractivity contribution >= 4 is 11.8 Å². The normalized spacial score (nSPS) is 12.7. The van der Waals surface area contributed by atoms with Crippen LogP contribution in [0.2, 0.25) is 0 Å². The molecule has 0 saturated carbocycles. The number of Topliss-reactive ketones (excluding diaryl/α,β-unsaturated/α-hetero) is 1. The molecule has 0 amide bonds. The topological polar surface area (TPSA) is 63.6 Å². The monoisotopic (exact) mass is 322 g/mol. The van der Waals surface area contributed by atoms with Gasteiger partial charge in [0.05, 0.1) is 6.61 Å². The molecular formula is C18H19NaO4. The van der Waals surface area contributed by atoms with Gasteiger partial charge in [0.2, 0.25) is 5.60 Å². The maximum atomic E-state index is 12.0. The van der Waals surface area contributed by atoms with Gasteiger partial charge in [-0.3, -0.25) is 4.79 Å². The Kier molecular flexibility index (Phi) is 7.65. The number of aliphatic carboxylic acids is 1. The van der Waals surface area contributed by atoms with Crippen LogP contribution in [0.4, 0.5) is 0 Å². The molecule has 2 aromatic rings. The van der Waals surface area contributed by atoms with Gasteiger partial charge in [-0.1, -0.05) is 60.7 Å². The standard InChI is InChI=1S/C18H18O4.Na.H/c1-14(19)18(17(20)21,12-15-8-4-2-5-9-15)22-13-16-10-6-3-7-11-16;;/h2-11H,12-13H2,1H3,(H,20,21);;/q;+1;-1. The van der Waals surface area contributed by atoms with Gasteiger partial charge >= 0.3 is 35.5 Å². The molecule has 5 heteroatoms. The predicted molar refractivity (Wildman–Crippen MR) is 83.5 cm³/mol. The molecule has 0 radical (unpaired) electrons. The molecule has 1 atom stereocenters. The minimum absolute atomic E-state index is 0. The third kappa shape index (κ3) is 5.01. The van der Waals surface area contributed by atoms with Crippen molar-refractivity contribution in [2.24, 2.45) is 0 Å². The average Bonchev–Trinajstić information content (AvgIpc) is 2.53. The second kappa shape index (κ2) is 8.99. The molecule has 0 fully saturated rings. The van der Waals surface area contributed by atoms with Crippen LogP contribution in [0.3, 0.4) is 0 Å². The van der Waals surface area contributed by atoms with Crippen LogP contribution < -0.4 is 29.6 Å². The van der Waals surface area contributed by atoms with Gasteiger partial charge in [0.15, 0.2) is 5.78 Å². The number of ether oxygens (including phenoxy) is 1. The van der Waals surface area contributed by atoms with E-state index in [2.05, 4.69) is 0 Å². The first-order valence-corrected chi connectivity index (χ1v) is 7.01. The zero-order valence-corrected chi connectivity index (χ0v) is 15.4. The first-order valence-electron chi connectivity index (χ1n) is 7.01. The van der Waals surface area contributed by atoms with Gasteiger partial charge in [0, 0.05) is 6.42 Å². The first kappa shape index (κ1) is 19.6. The van der Waals surface area contributed by atoms with E-state index in [1.165, 1.54) is 6.92 Å². The predicted octanol–water partition coefficient (Wildman–Crippen LogP) is -0.0252. The molecule has 0 heterocycles. The Morgan fingerprint density at radius 3 is 1.91 bits per heavy atom. The van der Waals surface area contributed by atoms with Crippen LogP contribution in [0.5, 0.6) is 0 Å². The van der Waals surface area contributed by atoms with Crippen molar-refractivity contribution in [1.29, 1.82) is 0 Å². The summed E-state index contributed by atoms with van der Waals surface area (Å²) < 4.78 is 5.59. The number of carboxylic acid groups (broad SMARTS) is 1. The average molecular weight is 322 g/mol. The molecule has 0 aliphatic heterocycles. The molecule has 0 aliphatic rings. The summed E-state index contributed by atoms with van der Waals surface area (Å²) in [6, 6.07) is 18.2. The number of hydrogen-bond acceptors (Lipinski definition) is 3. The van der Waals surface area contributed by atoms with Crippen molar-refractivity contribution in [1.82, 2.24) is 0 Å². The number of benzene rings is 2. The van der Waals surface area contributed by atoms with Crippen LogP contribution in [-0.2, 0) is 27.4 Å². The van der Waals surface area contributed by atoms with Crippen LogP contribution in [0.25, 0.3) is 0 Å². The number of rotatable bonds is 7. The Hall–Kier alpha value is -1.46. The summed E-state index contributed by atoms with van der Waals surface area (Å²) in [6.07, 6.45) is 0.00530. The number of ketones is 1. The Balaban J connectivity index is 0.00000264. The number of carbonyl (C=O) groups excluding carboxylic acids is 1. The molecule has 0 saturated heterocycles. The molecule has 0 aromatic heterocycles. The van der Waals surface area contributed by atoms with E-state index >= 15 is 0 Å². The summed E-state index contributed by atoms with van der Waals surface area (Å²) in [7, 11) is 0. The summed E-state index contributed by atoms with van der Waals surface area (Å²) in [6.45, 7) is 1.32. The zero-order valence-electron chi connectivity index (χ0n) is 14.4. The molecule has 2 rings (SSSR count). The largest absolute Gasteiger partial charge is 1.00 e. The second-order valence-corrected chi connectivity index (χ2v) is 5.13. The Morgan fingerprint density at radius 1 is 1.00 bits per heavy atom. The quantitative estimate of drug-likeness (QED) is 0.575. The molecular weight excluding hydrogens is 303 g/mol. The van der Waals surface area contributed by atoms with Crippen LogP contribution in [-0.4, -0.2) is 22.5 Å². The Morgan fingerprint density at radius 2 is 1.48 bits per heavy atom. The SMILES string of the molecule is CC(=O)C(Cc1ccccc1)(OCc1ccccc1)C(=O)O.[H-].[Na+]. The minimum Gasteiger partial charge on any atom is -1.00 e. The maximum Gasteiger partial charge on any atom is 1.00 e. The van der Waals surface area contributed by atoms with E-state index in [9.17, 15) is 14.7 Å². The first-order chi connectivity index (χ1) is 10.5. The number of carbonyl (C=O) groups is 2. The van der Waals surface area contributed by atoms with Crippen molar-refractivity contribution in [3.8, 4) is 0 Å². The van der Waals surface area contributed by atoms with Crippen molar-refractivity contribution in [2.75, 3.05) is 0 Å². The molecule has 1 N–H and O–H groups in total. The summed E-state index contributed by atoms with van der Waals surface area (Å²) in [4.78, 5) is 23.8. The van der Waals surface area contributed by atoms with Crippen molar-refractivity contribution in [2.45, 2.75) is 25.6 Å². The third-order valence-corrected chi connectivity index (χ3v) is 3.54. The van der Waals surface area contributed by atoms with Crippen molar-refractivity contribution in [3.63, 3.8) is 0 Å². The van der Waals surface area contributed by atoms with Crippen LogP contribution in [0.1, 0.15) is 19.5 Å². The third-order valence-electron chi connectivity index (χ3n) is 3.54. The van der Waals surface area contributed by atoms with E-state index in [0.717, 1.165) is 11.1 Å². The second-order valence-electron chi connectivity index (χ2n) is 5.13. The van der Waals surface area contributed by atoms with Gasteiger partial charge in [-0.05, 0) is 18.1 Å². The molecule has 0 aliphatic carbocycles. The Bertz CT molecular complexity index is 633. The molecule has 23 heavy (non-hydrogen) atoms. The molecule has 1 unspecified atom stereocenters. The molecule has 116 valence electrons. The van der Waals surface area contributed by atoms with E-state index in [0.29, 0.717) is 0 Å². The molecule has 4 nitrogen and oxygen atoms in total. The van der Waals surface area contributed by atoms with Crippen molar-refractivity contribution < 1.29 is 50.4 Å². The van der Waals surface area contributed by atoms with Gasteiger partial charge < -0.3 is 11.3 Å². The minimum atomic E-state index is -1.86. The van der Waals surface area contributed by atoms with E-state index in [4.69, 9.17) is 4.74 Å². The fourth-order valence-electron chi connectivity index (χ4n) is 2.23. The number of carboxylic acids is 1. The Labute approximate surface area is 159 Å².